The molecule has 0 saturated carbocycles. The second kappa shape index (κ2) is 6.08. The lowest BCUT2D eigenvalue weighted by Crippen LogP contribution is -2.28. The fourth-order valence-corrected chi connectivity index (χ4v) is 3.15. The zero-order valence-electron chi connectivity index (χ0n) is 12.5. The van der Waals surface area contributed by atoms with Gasteiger partial charge in [0.2, 0.25) is 0 Å². The highest BCUT2D eigenvalue weighted by molar-refractivity contribution is 6.30. The molecule has 1 aliphatic heterocycles. The number of benzene rings is 2. The van der Waals surface area contributed by atoms with Crippen molar-refractivity contribution in [3.63, 3.8) is 0 Å². The number of anilines is 1. The van der Waals surface area contributed by atoms with E-state index in [1.165, 1.54) is 16.8 Å². The molecule has 3 rings (SSSR count). The molecule has 2 aromatic rings. The summed E-state index contributed by atoms with van der Waals surface area (Å²) in [5.74, 6) is 0.556. The maximum atomic E-state index is 5.97. The van der Waals surface area contributed by atoms with Gasteiger partial charge in [-0.15, -0.1) is 0 Å². The summed E-state index contributed by atoms with van der Waals surface area (Å²) in [6.07, 6.45) is 0. The van der Waals surface area contributed by atoms with E-state index in [4.69, 9.17) is 11.6 Å². The molecule has 0 amide bonds. The van der Waals surface area contributed by atoms with Crippen molar-refractivity contribution in [2.24, 2.45) is 0 Å². The molecule has 1 aliphatic rings. The van der Waals surface area contributed by atoms with Crippen molar-refractivity contribution < 1.29 is 0 Å². The molecule has 1 heterocycles. The topological polar surface area (TPSA) is 15.3 Å². The molecule has 21 heavy (non-hydrogen) atoms. The Balaban J connectivity index is 1.69. The molecule has 2 aromatic carbocycles. The first-order valence-corrected chi connectivity index (χ1v) is 7.81. The normalized spacial score (nSPS) is 18.4. The Morgan fingerprint density at radius 3 is 2.67 bits per heavy atom. The first-order valence-electron chi connectivity index (χ1n) is 7.43. The highest BCUT2D eigenvalue weighted by Gasteiger charge is 2.24. The molecule has 1 N–H and O–H groups in total. The van der Waals surface area contributed by atoms with E-state index in [0.29, 0.717) is 12.0 Å². The third-order valence-corrected chi connectivity index (χ3v) is 4.71. The summed E-state index contributed by atoms with van der Waals surface area (Å²) in [5.41, 5.74) is 4.03. The van der Waals surface area contributed by atoms with E-state index in [9.17, 15) is 0 Å². The Hall–Kier alpha value is -1.51. The van der Waals surface area contributed by atoms with Crippen molar-refractivity contribution in [2.75, 3.05) is 25.5 Å². The van der Waals surface area contributed by atoms with E-state index in [2.05, 4.69) is 60.6 Å². The maximum Gasteiger partial charge on any atom is 0.0406 e. The quantitative estimate of drug-likeness (QED) is 0.891. The zero-order chi connectivity index (χ0) is 14.8. The monoisotopic (exact) mass is 300 g/mol. The van der Waals surface area contributed by atoms with Crippen LogP contribution < -0.4 is 5.32 Å². The lowest BCUT2D eigenvalue weighted by Gasteiger charge is -2.28. The first kappa shape index (κ1) is 14.4. The summed E-state index contributed by atoms with van der Waals surface area (Å²) < 4.78 is 0. The van der Waals surface area contributed by atoms with Gasteiger partial charge < -0.3 is 5.32 Å². The maximum absolute atomic E-state index is 5.97. The van der Waals surface area contributed by atoms with Crippen LogP contribution in [-0.2, 0) is 0 Å². The predicted molar refractivity (Wildman–Crippen MR) is 90.2 cm³/mol. The average molecular weight is 301 g/mol. The van der Waals surface area contributed by atoms with Crippen LogP contribution in [0.1, 0.15) is 30.0 Å². The van der Waals surface area contributed by atoms with Crippen LogP contribution in [0.2, 0.25) is 5.02 Å². The molecule has 2 atom stereocenters. The molecule has 0 fully saturated rings. The van der Waals surface area contributed by atoms with Crippen molar-refractivity contribution in [2.45, 2.75) is 18.9 Å². The second-order valence-corrected chi connectivity index (χ2v) is 6.27. The standard InChI is InChI=1S/C18H21ClN2/c1-13(14-7-9-16(19)10-8-14)21(2)12-15-11-20-18-6-4-3-5-17(15)18/h3-10,13,15,20H,11-12H2,1-2H3. The van der Waals surface area contributed by atoms with Crippen LogP contribution in [0.25, 0.3) is 0 Å². The molecule has 2 nitrogen and oxygen atoms in total. The smallest absolute Gasteiger partial charge is 0.0406 e. The van der Waals surface area contributed by atoms with Gasteiger partial charge in [0.15, 0.2) is 0 Å². The zero-order valence-corrected chi connectivity index (χ0v) is 13.3. The minimum absolute atomic E-state index is 0.384. The lowest BCUT2D eigenvalue weighted by molar-refractivity contribution is 0.249. The van der Waals surface area contributed by atoms with Crippen molar-refractivity contribution in [1.82, 2.24) is 4.90 Å². The van der Waals surface area contributed by atoms with E-state index >= 15 is 0 Å². The van der Waals surface area contributed by atoms with Crippen molar-refractivity contribution in [1.29, 1.82) is 0 Å². The molecular weight excluding hydrogens is 280 g/mol. The number of nitrogens with zero attached hydrogens (tertiary/aromatic N) is 1. The fourth-order valence-electron chi connectivity index (χ4n) is 3.02. The van der Waals surface area contributed by atoms with Crippen molar-refractivity contribution >= 4 is 17.3 Å². The van der Waals surface area contributed by atoms with Gasteiger partial charge in [0.1, 0.15) is 0 Å². The fraction of sp³-hybridized carbons (Fsp3) is 0.333. The summed E-state index contributed by atoms with van der Waals surface area (Å²) in [5, 5.41) is 4.29. The summed E-state index contributed by atoms with van der Waals surface area (Å²) in [6, 6.07) is 17.2. The Morgan fingerprint density at radius 2 is 1.90 bits per heavy atom. The highest BCUT2D eigenvalue weighted by atomic mass is 35.5. The van der Waals surface area contributed by atoms with Crippen LogP contribution in [0, 0.1) is 0 Å². The number of rotatable bonds is 4. The summed E-state index contributed by atoms with van der Waals surface area (Å²) in [6.45, 7) is 4.32. The molecule has 0 aromatic heterocycles. The van der Waals surface area contributed by atoms with Gasteiger partial charge in [0.05, 0.1) is 0 Å². The Bertz CT molecular complexity index is 609. The van der Waals surface area contributed by atoms with E-state index < -0.39 is 0 Å². The minimum Gasteiger partial charge on any atom is -0.384 e. The molecule has 110 valence electrons. The molecule has 0 spiro atoms. The number of nitrogens with one attached hydrogen (secondary N) is 1. The van der Waals surface area contributed by atoms with Crippen molar-refractivity contribution in [3.05, 3.63) is 64.7 Å². The Morgan fingerprint density at radius 1 is 1.19 bits per heavy atom. The average Bonchev–Trinajstić information content (AvgIpc) is 2.91. The molecule has 0 radical (unpaired) electrons. The van der Waals surface area contributed by atoms with Gasteiger partial charge in [-0.25, -0.2) is 0 Å². The van der Waals surface area contributed by atoms with E-state index in [1.807, 2.05) is 12.1 Å². The molecule has 0 bridgehead atoms. The third kappa shape index (κ3) is 3.07. The number of hydrogen-bond donors (Lipinski definition) is 1. The minimum atomic E-state index is 0.384. The van der Waals surface area contributed by atoms with Crippen LogP contribution in [-0.4, -0.2) is 25.0 Å². The summed E-state index contributed by atoms with van der Waals surface area (Å²) >= 11 is 5.97. The largest absolute Gasteiger partial charge is 0.384 e. The van der Waals surface area contributed by atoms with Crippen LogP contribution in [0.4, 0.5) is 5.69 Å². The number of fused-ring (bicyclic) bond motifs is 1. The van der Waals surface area contributed by atoms with Crippen LogP contribution >= 0.6 is 11.6 Å². The van der Waals surface area contributed by atoms with E-state index in [-0.39, 0.29) is 0 Å². The molecule has 2 unspecified atom stereocenters. The first-order chi connectivity index (χ1) is 10.1. The third-order valence-electron chi connectivity index (χ3n) is 4.46. The van der Waals surface area contributed by atoms with Gasteiger partial charge in [-0.2, -0.15) is 0 Å². The Kier molecular flexibility index (Phi) is 4.18. The number of likely N-dealkylation sites (N-methyl/N-ethyl adjacent to an activating group) is 1. The SMILES string of the molecule is CC(c1ccc(Cl)cc1)N(C)CC1CNc2ccccc21. The highest BCUT2D eigenvalue weighted by Crippen LogP contribution is 2.33. The molecule has 3 heteroatoms. The number of hydrogen-bond acceptors (Lipinski definition) is 2. The van der Waals surface area contributed by atoms with Crippen molar-refractivity contribution in [3.8, 4) is 0 Å². The van der Waals surface area contributed by atoms with Crippen LogP contribution in [0.5, 0.6) is 0 Å². The van der Waals surface area contributed by atoms with Gasteiger partial charge in [-0.3, -0.25) is 4.90 Å². The van der Waals surface area contributed by atoms with Crippen LogP contribution in [0.3, 0.4) is 0 Å². The molecular formula is C18H21ClN2. The predicted octanol–water partition coefficient (Wildman–Crippen LogP) is 4.54. The van der Waals surface area contributed by atoms with Crippen LogP contribution in [0.15, 0.2) is 48.5 Å². The van der Waals surface area contributed by atoms with Gasteiger partial charge >= 0.3 is 0 Å². The van der Waals surface area contributed by atoms with E-state index in [1.54, 1.807) is 0 Å². The molecule has 0 saturated heterocycles. The lowest BCUT2D eigenvalue weighted by atomic mass is 9.99. The van der Waals surface area contributed by atoms with Gasteiger partial charge in [0, 0.05) is 35.8 Å². The summed E-state index contributed by atoms with van der Waals surface area (Å²) in [7, 11) is 2.19. The van der Waals surface area contributed by atoms with E-state index in [0.717, 1.165) is 18.1 Å². The number of halogens is 1. The van der Waals surface area contributed by atoms with Gasteiger partial charge in [-0.05, 0) is 43.3 Å². The Labute approximate surface area is 131 Å². The summed E-state index contributed by atoms with van der Waals surface area (Å²) in [4.78, 5) is 2.41. The molecule has 0 aliphatic carbocycles. The number of para-hydroxylation sites is 1. The second-order valence-electron chi connectivity index (χ2n) is 5.83. The van der Waals surface area contributed by atoms with Gasteiger partial charge in [0.25, 0.3) is 0 Å². The van der Waals surface area contributed by atoms with Gasteiger partial charge in [-0.1, -0.05) is 41.9 Å².